The number of nitrogens with zero attached hydrogens (tertiary/aromatic N) is 2. The molecule has 0 bridgehead atoms. The molecule has 1 heterocycles. The number of esters is 1. The molecule has 3 aromatic carbocycles. The van der Waals surface area contributed by atoms with E-state index in [9.17, 15) is 29.3 Å². The SMILES string of the molecule is O=C(COC(=O)CN1C(=O)c2cccc([N+](=O)[O-])c2C1=O)NC(Cc1ccccc1)c1ccccc1. The number of ether oxygens (including phenoxy) is 1. The van der Waals surface area contributed by atoms with Gasteiger partial charge in [-0.25, -0.2) is 0 Å². The Morgan fingerprint density at radius 2 is 1.58 bits per heavy atom. The Kier molecular flexibility index (Phi) is 7.15. The molecule has 4 rings (SSSR count). The Morgan fingerprint density at radius 1 is 0.917 bits per heavy atom. The summed E-state index contributed by atoms with van der Waals surface area (Å²) < 4.78 is 4.99. The van der Waals surface area contributed by atoms with Gasteiger partial charge in [0.05, 0.1) is 16.5 Å². The van der Waals surface area contributed by atoms with Crippen molar-refractivity contribution in [2.45, 2.75) is 12.5 Å². The number of amides is 3. The lowest BCUT2D eigenvalue weighted by molar-refractivity contribution is -0.385. The van der Waals surface area contributed by atoms with E-state index in [4.69, 9.17) is 4.74 Å². The maximum absolute atomic E-state index is 12.6. The molecule has 0 fully saturated rings. The summed E-state index contributed by atoms with van der Waals surface area (Å²) in [5.41, 5.74) is 0.819. The van der Waals surface area contributed by atoms with E-state index >= 15 is 0 Å². The summed E-state index contributed by atoms with van der Waals surface area (Å²) in [7, 11) is 0. The normalized spacial score (nSPS) is 13.2. The second-order valence-electron chi connectivity index (χ2n) is 8.03. The Morgan fingerprint density at radius 3 is 2.25 bits per heavy atom. The largest absolute Gasteiger partial charge is 0.454 e. The van der Waals surface area contributed by atoms with Gasteiger partial charge in [0.1, 0.15) is 12.1 Å². The van der Waals surface area contributed by atoms with Gasteiger partial charge >= 0.3 is 5.97 Å². The third kappa shape index (κ3) is 5.27. The maximum atomic E-state index is 12.6. The predicted octanol–water partition coefficient (Wildman–Crippen LogP) is 2.83. The van der Waals surface area contributed by atoms with E-state index in [0.29, 0.717) is 11.3 Å². The molecule has 0 saturated heterocycles. The number of hydrogen-bond donors (Lipinski definition) is 1. The van der Waals surface area contributed by atoms with Gasteiger partial charge in [-0.2, -0.15) is 0 Å². The first-order valence-corrected chi connectivity index (χ1v) is 11.0. The van der Waals surface area contributed by atoms with E-state index in [2.05, 4.69) is 5.32 Å². The smallest absolute Gasteiger partial charge is 0.326 e. The fourth-order valence-corrected chi connectivity index (χ4v) is 3.96. The van der Waals surface area contributed by atoms with Crippen LogP contribution in [0.5, 0.6) is 0 Å². The van der Waals surface area contributed by atoms with Gasteiger partial charge < -0.3 is 10.1 Å². The first kappa shape index (κ1) is 24.3. The average molecular weight is 487 g/mol. The van der Waals surface area contributed by atoms with Crippen LogP contribution in [0.3, 0.4) is 0 Å². The number of imide groups is 1. The monoisotopic (exact) mass is 487 g/mol. The fraction of sp³-hybridized carbons (Fsp3) is 0.154. The first-order valence-electron chi connectivity index (χ1n) is 11.0. The average Bonchev–Trinajstić information content (AvgIpc) is 3.13. The maximum Gasteiger partial charge on any atom is 0.326 e. The van der Waals surface area contributed by atoms with Crippen molar-refractivity contribution in [1.82, 2.24) is 10.2 Å². The minimum atomic E-state index is -0.998. The molecule has 0 radical (unpaired) electrons. The van der Waals surface area contributed by atoms with E-state index in [1.807, 2.05) is 60.7 Å². The Bertz CT molecular complexity index is 1330. The number of fused-ring (bicyclic) bond motifs is 1. The quantitative estimate of drug-likeness (QED) is 0.212. The van der Waals surface area contributed by atoms with Gasteiger partial charge in [-0.15, -0.1) is 0 Å². The van der Waals surface area contributed by atoms with E-state index in [1.54, 1.807) is 0 Å². The van der Waals surface area contributed by atoms with Gasteiger partial charge in [-0.3, -0.25) is 34.2 Å². The Balaban J connectivity index is 1.37. The zero-order chi connectivity index (χ0) is 25.7. The van der Waals surface area contributed by atoms with Crippen molar-refractivity contribution < 1.29 is 28.8 Å². The lowest BCUT2D eigenvalue weighted by atomic mass is 9.99. The van der Waals surface area contributed by atoms with Crippen LogP contribution in [0.4, 0.5) is 5.69 Å². The number of nitro groups is 1. The van der Waals surface area contributed by atoms with Crippen LogP contribution in [0.25, 0.3) is 0 Å². The first-order chi connectivity index (χ1) is 17.3. The molecule has 0 spiro atoms. The highest BCUT2D eigenvalue weighted by atomic mass is 16.6. The summed E-state index contributed by atoms with van der Waals surface area (Å²) in [4.78, 5) is 61.0. The fourth-order valence-electron chi connectivity index (χ4n) is 3.96. The van der Waals surface area contributed by atoms with Crippen molar-refractivity contribution in [2.24, 2.45) is 0 Å². The second kappa shape index (κ2) is 10.6. The summed E-state index contributed by atoms with van der Waals surface area (Å²) in [5.74, 6) is -3.37. The highest BCUT2D eigenvalue weighted by molar-refractivity contribution is 6.24. The molecule has 1 aliphatic heterocycles. The topological polar surface area (TPSA) is 136 Å². The van der Waals surface area contributed by atoms with Crippen molar-refractivity contribution in [3.05, 3.63) is 111 Å². The van der Waals surface area contributed by atoms with Crippen LogP contribution in [0.1, 0.15) is 37.9 Å². The van der Waals surface area contributed by atoms with Gasteiger partial charge in [0, 0.05) is 6.07 Å². The van der Waals surface area contributed by atoms with E-state index < -0.39 is 47.5 Å². The van der Waals surface area contributed by atoms with Crippen LogP contribution in [0.15, 0.2) is 78.9 Å². The van der Waals surface area contributed by atoms with Crippen LogP contribution in [-0.2, 0) is 20.7 Å². The molecule has 10 heteroatoms. The number of benzene rings is 3. The zero-order valence-electron chi connectivity index (χ0n) is 19.0. The summed E-state index contributed by atoms with van der Waals surface area (Å²) in [6.45, 7) is -1.40. The molecule has 1 atom stereocenters. The standard InChI is InChI=1S/C26H21N3O7/c30-22(27-20(18-10-5-2-6-11-18)14-17-8-3-1-4-9-17)16-36-23(31)15-28-25(32)19-12-7-13-21(29(34)35)24(19)26(28)33/h1-13,20H,14-16H2,(H,27,30). The molecule has 182 valence electrons. The van der Waals surface area contributed by atoms with Crippen LogP contribution in [0.2, 0.25) is 0 Å². The summed E-state index contributed by atoms with van der Waals surface area (Å²) in [5, 5.41) is 14.1. The summed E-state index contributed by atoms with van der Waals surface area (Å²) in [6.07, 6.45) is 0.512. The van der Waals surface area contributed by atoms with E-state index in [-0.39, 0.29) is 17.2 Å². The van der Waals surface area contributed by atoms with Gasteiger partial charge in [-0.05, 0) is 23.6 Å². The minimum absolute atomic E-state index is 0.161. The zero-order valence-corrected chi connectivity index (χ0v) is 19.0. The minimum Gasteiger partial charge on any atom is -0.454 e. The van der Waals surface area contributed by atoms with Crippen molar-refractivity contribution >= 4 is 29.4 Å². The lowest BCUT2D eigenvalue weighted by Crippen LogP contribution is -2.38. The molecular weight excluding hydrogens is 466 g/mol. The highest BCUT2D eigenvalue weighted by Crippen LogP contribution is 2.30. The van der Waals surface area contributed by atoms with Crippen LogP contribution < -0.4 is 5.32 Å². The third-order valence-corrected chi connectivity index (χ3v) is 5.65. The van der Waals surface area contributed by atoms with Crippen molar-refractivity contribution in [1.29, 1.82) is 0 Å². The third-order valence-electron chi connectivity index (χ3n) is 5.65. The number of rotatable bonds is 9. The second-order valence-corrected chi connectivity index (χ2v) is 8.03. The van der Waals surface area contributed by atoms with Gasteiger partial charge in [-0.1, -0.05) is 66.7 Å². The van der Waals surface area contributed by atoms with Gasteiger partial charge in [0.15, 0.2) is 6.61 Å². The molecule has 1 N–H and O–H groups in total. The van der Waals surface area contributed by atoms with Crippen molar-refractivity contribution in [2.75, 3.05) is 13.2 Å². The van der Waals surface area contributed by atoms with E-state index in [0.717, 1.165) is 17.2 Å². The van der Waals surface area contributed by atoms with Crippen molar-refractivity contribution in [3.63, 3.8) is 0 Å². The molecule has 10 nitrogen and oxygen atoms in total. The van der Waals surface area contributed by atoms with Crippen LogP contribution >= 0.6 is 0 Å². The molecule has 0 aromatic heterocycles. The summed E-state index contributed by atoms with van der Waals surface area (Å²) in [6, 6.07) is 22.2. The number of carbonyl (C=O) groups is 4. The van der Waals surface area contributed by atoms with Gasteiger partial charge in [0.2, 0.25) is 0 Å². The molecule has 1 unspecified atom stereocenters. The molecular formula is C26H21N3O7. The number of nitrogens with one attached hydrogen (secondary N) is 1. The van der Waals surface area contributed by atoms with Gasteiger partial charge in [0.25, 0.3) is 23.4 Å². The molecule has 0 saturated carbocycles. The number of nitro benzene ring substituents is 1. The molecule has 1 aliphatic rings. The summed E-state index contributed by atoms with van der Waals surface area (Å²) >= 11 is 0. The molecule has 3 amide bonds. The van der Waals surface area contributed by atoms with E-state index in [1.165, 1.54) is 12.1 Å². The van der Waals surface area contributed by atoms with Crippen LogP contribution in [0, 0.1) is 10.1 Å². The Labute approximate surface area is 205 Å². The molecule has 0 aliphatic carbocycles. The predicted molar refractivity (Wildman–Crippen MR) is 127 cm³/mol. The highest BCUT2D eigenvalue weighted by Gasteiger charge is 2.42. The molecule has 36 heavy (non-hydrogen) atoms. The Hall–Kier alpha value is -4.86. The van der Waals surface area contributed by atoms with Crippen LogP contribution in [-0.4, -0.2) is 46.7 Å². The molecule has 3 aromatic rings. The number of carbonyl (C=O) groups excluding carboxylic acids is 4. The van der Waals surface area contributed by atoms with Crippen molar-refractivity contribution in [3.8, 4) is 0 Å². The number of hydrogen-bond acceptors (Lipinski definition) is 7. The lowest BCUT2D eigenvalue weighted by Gasteiger charge is -2.20.